The fraction of sp³-hybridized carbons (Fsp3) is 0.875. The van der Waals surface area contributed by atoms with Crippen LogP contribution in [0.15, 0.2) is 5.10 Å². The standard InChI is InChI=1S/C8H18N2/c1-6-9-10(5)8(4)7(2)3/h6-8H,1-5H3/b9-6-/t8-/m1/s1. The van der Waals surface area contributed by atoms with Gasteiger partial charge < -0.3 is 0 Å². The molecule has 0 amide bonds. The molecule has 0 saturated carbocycles. The largest absolute Gasteiger partial charge is 0.297 e. The molecule has 0 aromatic rings. The average molecular weight is 142 g/mol. The van der Waals surface area contributed by atoms with Crippen molar-refractivity contribution < 1.29 is 0 Å². The molecule has 0 saturated heterocycles. The molecule has 0 aliphatic rings. The molecule has 0 aromatic heterocycles. The molecular formula is C8H18N2. The molecule has 0 spiro atoms. The van der Waals surface area contributed by atoms with E-state index < -0.39 is 0 Å². The van der Waals surface area contributed by atoms with Crippen LogP contribution in [0.4, 0.5) is 0 Å². The topological polar surface area (TPSA) is 15.6 Å². The van der Waals surface area contributed by atoms with Crippen LogP contribution in [0.25, 0.3) is 0 Å². The third kappa shape index (κ3) is 2.85. The Bertz CT molecular complexity index is 108. The lowest BCUT2D eigenvalue weighted by atomic mass is 10.1. The summed E-state index contributed by atoms with van der Waals surface area (Å²) in [4.78, 5) is 0. The summed E-state index contributed by atoms with van der Waals surface area (Å²) in [5, 5.41) is 6.14. The highest BCUT2D eigenvalue weighted by molar-refractivity contribution is 5.52. The Hall–Kier alpha value is -0.530. The van der Waals surface area contributed by atoms with Gasteiger partial charge in [-0.3, -0.25) is 5.01 Å². The van der Waals surface area contributed by atoms with Crippen LogP contribution in [-0.4, -0.2) is 24.3 Å². The highest BCUT2D eigenvalue weighted by Crippen LogP contribution is 2.07. The Labute approximate surface area is 63.9 Å². The molecular weight excluding hydrogens is 124 g/mol. The van der Waals surface area contributed by atoms with Gasteiger partial charge in [-0.05, 0) is 19.8 Å². The van der Waals surface area contributed by atoms with Gasteiger partial charge in [0.2, 0.25) is 0 Å². The van der Waals surface area contributed by atoms with Gasteiger partial charge >= 0.3 is 0 Å². The molecule has 0 unspecified atom stereocenters. The van der Waals surface area contributed by atoms with E-state index in [1.54, 1.807) is 0 Å². The first-order valence-electron chi connectivity index (χ1n) is 3.81. The van der Waals surface area contributed by atoms with Gasteiger partial charge in [-0.1, -0.05) is 13.8 Å². The van der Waals surface area contributed by atoms with Crippen LogP contribution in [0, 0.1) is 5.92 Å². The van der Waals surface area contributed by atoms with Crippen molar-refractivity contribution in [1.29, 1.82) is 0 Å². The SMILES string of the molecule is C/C=N\N(C)[C@H](C)C(C)C. The Morgan fingerprint density at radius 3 is 2.10 bits per heavy atom. The van der Waals surface area contributed by atoms with Gasteiger partial charge in [0.05, 0.1) is 0 Å². The molecule has 2 nitrogen and oxygen atoms in total. The summed E-state index contributed by atoms with van der Waals surface area (Å²) in [6, 6.07) is 0.524. The molecule has 0 aliphatic heterocycles. The van der Waals surface area contributed by atoms with Crippen molar-refractivity contribution in [3.63, 3.8) is 0 Å². The first-order chi connectivity index (χ1) is 4.59. The fourth-order valence-corrected chi connectivity index (χ4v) is 0.719. The monoisotopic (exact) mass is 142 g/mol. The van der Waals surface area contributed by atoms with Crippen molar-refractivity contribution in [3.05, 3.63) is 0 Å². The van der Waals surface area contributed by atoms with Gasteiger partial charge in [0, 0.05) is 19.3 Å². The molecule has 10 heavy (non-hydrogen) atoms. The second kappa shape index (κ2) is 4.31. The van der Waals surface area contributed by atoms with Gasteiger partial charge in [-0.15, -0.1) is 0 Å². The fourth-order valence-electron chi connectivity index (χ4n) is 0.719. The van der Waals surface area contributed by atoms with Crippen LogP contribution in [0.3, 0.4) is 0 Å². The van der Waals surface area contributed by atoms with E-state index >= 15 is 0 Å². The number of hydrogen-bond acceptors (Lipinski definition) is 2. The minimum absolute atomic E-state index is 0.524. The summed E-state index contributed by atoms with van der Waals surface area (Å²) < 4.78 is 0. The second-order valence-electron chi connectivity index (χ2n) is 2.93. The minimum Gasteiger partial charge on any atom is -0.297 e. The predicted octanol–water partition coefficient (Wildman–Crippen LogP) is 1.97. The van der Waals surface area contributed by atoms with E-state index in [1.165, 1.54) is 0 Å². The maximum atomic E-state index is 4.15. The van der Waals surface area contributed by atoms with Crippen molar-refractivity contribution in [2.75, 3.05) is 7.05 Å². The first kappa shape index (κ1) is 9.47. The summed E-state index contributed by atoms with van der Waals surface area (Å²) in [6.45, 7) is 8.51. The Morgan fingerprint density at radius 1 is 1.30 bits per heavy atom. The number of nitrogens with zero attached hydrogens (tertiary/aromatic N) is 2. The van der Waals surface area contributed by atoms with E-state index in [1.807, 2.05) is 25.2 Å². The molecule has 0 aromatic carbocycles. The predicted molar refractivity (Wildman–Crippen MR) is 46.2 cm³/mol. The van der Waals surface area contributed by atoms with Crippen LogP contribution < -0.4 is 0 Å². The third-order valence-corrected chi connectivity index (χ3v) is 1.85. The third-order valence-electron chi connectivity index (χ3n) is 1.85. The summed E-state index contributed by atoms with van der Waals surface area (Å²) in [5.41, 5.74) is 0. The van der Waals surface area contributed by atoms with Crippen LogP contribution in [0.1, 0.15) is 27.7 Å². The average Bonchev–Trinajstić information content (AvgIpc) is 1.87. The number of hydrogen-bond donors (Lipinski definition) is 0. The minimum atomic E-state index is 0.524. The Kier molecular flexibility index (Phi) is 4.08. The van der Waals surface area contributed by atoms with E-state index in [0.29, 0.717) is 12.0 Å². The van der Waals surface area contributed by atoms with E-state index in [0.717, 1.165) is 0 Å². The van der Waals surface area contributed by atoms with Crippen molar-refractivity contribution >= 4 is 6.21 Å². The maximum absolute atomic E-state index is 4.15. The van der Waals surface area contributed by atoms with Crippen LogP contribution in [0.5, 0.6) is 0 Å². The normalized spacial score (nSPS) is 14.6. The molecule has 0 rings (SSSR count). The van der Waals surface area contributed by atoms with E-state index in [9.17, 15) is 0 Å². The maximum Gasteiger partial charge on any atom is 0.0461 e. The molecule has 0 N–H and O–H groups in total. The molecule has 0 heterocycles. The molecule has 2 heteroatoms. The Balaban J connectivity index is 3.81. The quantitative estimate of drug-likeness (QED) is 0.434. The van der Waals surface area contributed by atoms with Gasteiger partial charge in [-0.25, -0.2) is 0 Å². The molecule has 60 valence electrons. The highest BCUT2D eigenvalue weighted by atomic mass is 15.4. The van der Waals surface area contributed by atoms with Crippen molar-refractivity contribution in [2.45, 2.75) is 33.7 Å². The van der Waals surface area contributed by atoms with E-state index in [-0.39, 0.29) is 0 Å². The highest BCUT2D eigenvalue weighted by Gasteiger charge is 2.09. The van der Waals surface area contributed by atoms with Gasteiger partial charge in [0.15, 0.2) is 0 Å². The number of hydrazone groups is 1. The molecule has 0 bridgehead atoms. The molecule has 0 aliphatic carbocycles. The lowest BCUT2D eigenvalue weighted by molar-refractivity contribution is 0.218. The summed E-state index contributed by atoms with van der Waals surface area (Å²) in [6.07, 6.45) is 1.82. The first-order valence-corrected chi connectivity index (χ1v) is 3.81. The van der Waals surface area contributed by atoms with E-state index in [2.05, 4.69) is 25.9 Å². The lowest BCUT2D eigenvalue weighted by Gasteiger charge is -2.24. The summed E-state index contributed by atoms with van der Waals surface area (Å²) in [7, 11) is 2.00. The smallest absolute Gasteiger partial charge is 0.0461 e. The zero-order chi connectivity index (χ0) is 8.15. The second-order valence-corrected chi connectivity index (χ2v) is 2.93. The Morgan fingerprint density at radius 2 is 1.80 bits per heavy atom. The van der Waals surface area contributed by atoms with Crippen molar-refractivity contribution in [1.82, 2.24) is 5.01 Å². The van der Waals surface area contributed by atoms with E-state index in [4.69, 9.17) is 0 Å². The van der Waals surface area contributed by atoms with Crippen molar-refractivity contribution in [2.24, 2.45) is 11.0 Å². The molecule has 1 atom stereocenters. The van der Waals surface area contributed by atoms with Crippen LogP contribution in [0.2, 0.25) is 0 Å². The number of rotatable bonds is 3. The van der Waals surface area contributed by atoms with Gasteiger partial charge in [0.1, 0.15) is 0 Å². The van der Waals surface area contributed by atoms with Crippen LogP contribution >= 0.6 is 0 Å². The zero-order valence-electron chi connectivity index (χ0n) is 7.63. The summed E-state index contributed by atoms with van der Waals surface area (Å²) in [5.74, 6) is 0.661. The van der Waals surface area contributed by atoms with Crippen molar-refractivity contribution in [3.8, 4) is 0 Å². The van der Waals surface area contributed by atoms with Gasteiger partial charge in [-0.2, -0.15) is 5.10 Å². The van der Waals surface area contributed by atoms with Gasteiger partial charge in [0.25, 0.3) is 0 Å². The molecule has 0 radical (unpaired) electrons. The summed E-state index contributed by atoms with van der Waals surface area (Å²) >= 11 is 0. The van der Waals surface area contributed by atoms with Crippen LogP contribution in [-0.2, 0) is 0 Å². The zero-order valence-corrected chi connectivity index (χ0v) is 7.63. The molecule has 0 fully saturated rings. The lowest BCUT2D eigenvalue weighted by Crippen LogP contribution is -2.28.